The van der Waals surface area contributed by atoms with Gasteiger partial charge in [-0.05, 0) is 28.7 Å². The van der Waals surface area contributed by atoms with Crippen LogP contribution in [0.15, 0.2) is 59.7 Å². The van der Waals surface area contributed by atoms with Crippen molar-refractivity contribution in [1.82, 2.24) is 0 Å². The molecule has 0 saturated heterocycles. The summed E-state index contributed by atoms with van der Waals surface area (Å²) in [5, 5.41) is 0. The van der Waals surface area contributed by atoms with Gasteiger partial charge in [-0.3, -0.25) is 0 Å². The molecule has 0 amide bonds. The van der Waals surface area contributed by atoms with E-state index in [4.69, 9.17) is 0 Å². The lowest BCUT2D eigenvalue weighted by molar-refractivity contribution is 0.671. The number of hydrogen-bond acceptors (Lipinski definition) is 0. The van der Waals surface area contributed by atoms with Crippen LogP contribution in [0.2, 0.25) is 0 Å². The zero-order valence-corrected chi connectivity index (χ0v) is 8.48. The third-order valence-electron chi connectivity index (χ3n) is 3.87. The van der Waals surface area contributed by atoms with Crippen LogP contribution in [-0.4, -0.2) is 0 Å². The van der Waals surface area contributed by atoms with Crippen molar-refractivity contribution in [3.63, 3.8) is 0 Å². The van der Waals surface area contributed by atoms with Gasteiger partial charge in [0.15, 0.2) is 0 Å². The molecule has 0 aliphatic heterocycles. The summed E-state index contributed by atoms with van der Waals surface area (Å²) in [6.45, 7) is 0. The maximum absolute atomic E-state index is 2.37. The molecule has 1 aromatic rings. The second kappa shape index (κ2) is 2.52. The Morgan fingerprint density at radius 2 is 1.87 bits per heavy atom. The highest BCUT2D eigenvalue weighted by Gasteiger charge is 2.34. The molecule has 0 aromatic heterocycles. The van der Waals surface area contributed by atoms with Crippen LogP contribution in [-0.2, 0) is 6.42 Å². The lowest BCUT2D eigenvalue weighted by Gasteiger charge is -2.28. The second-order valence-electron chi connectivity index (χ2n) is 4.62. The maximum atomic E-state index is 2.37. The van der Waals surface area contributed by atoms with Crippen LogP contribution in [0.3, 0.4) is 0 Å². The molecule has 0 radical (unpaired) electrons. The lowest BCUT2D eigenvalue weighted by Crippen LogP contribution is -2.17. The minimum Gasteiger partial charge on any atom is -0.0764 e. The predicted molar refractivity (Wildman–Crippen MR) is 61.7 cm³/mol. The van der Waals surface area contributed by atoms with Gasteiger partial charge in [0.05, 0.1) is 0 Å². The summed E-state index contributed by atoms with van der Waals surface area (Å²) < 4.78 is 0. The Morgan fingerprint density at radius 1 is 1.00 bits per heavy atom. The van der Waals surface area contributed by atoms with Crippen LogP contribution < -0.4 is 0 Å². The summed E-state index contributed by atoms with van der Waals surface area (Å²) in [5.74, 6) is 1.25. The standard InChI is InChI=1S/C15H12/c1-2-4-13-11(3-1)9-12-6-5-10-7-8-14(13)15(10)12/h1-8,12,14H,9H2. The third kappa shape index (κ3) is 0.872. The summed E-state index contributed by atoms with van der Waals surface area (Å²) in [6.07, 6.45) is 10.5. The normalized spacial score (nSPS) is 29.6. The highest BCUT2D eigenvalue weighted by Crippen LogP contribution is 2.48. The second-order valence-corrected chi connectivity index (χ2v) is 4.62. The van der Waals surface area contributed by atoms with E-state index in [1.807, 2.05) is 0 Å². The Bertz CT molecular complexity index is 529. The van der Waals surface area contributed by atoms with Crippen molar-refractivity contribution in [2.24, 2.45) is 5.92 Å². The molecule has 0 saturated carbocycles. The van der Waals surface area contributed by atoms with E-state index in [2.05, 4.69) is 48.6 Å². The van der Waals surface area contributed by atoms with Crippen molar-refractivity contribution in [1.29, 1.82) is 0 Å². The monoisotopic (exact) mass is 192 g/mol. The van der Waals surface area contributed by atoms with Gasteiger partial charge in [0.1, 0.15) is 0 Å². The molecule has 3 aliphatic carbocycles. The largest absolute Gasteiger partial charge is 0.0764 e. The van der Waals surface area contributed by atoms with Crippen LogP contribution in [0.5, 0.6) is 0 Å². The van der Waals surface area contributed by atoms with Gasteiger partial charge in [-0.2, -0.15) is 0 Å². The average molecular weight is 192 g/mol. The molecule has 0 bridgehead atoms. The van der Waals surface area contributed by atoms with E-state index in [1.54, 1.807) is 5.57 Å². The van der Waals surface area contributed by atoms with Gasteiger partial charge < -0.3 is 0 Å². The predicted octanol–water partition coefficient (Wildman–Crippen LogP) is 3.38. The van der Waals surface area contributed by atoms with Crippen molar-refractivity contribution in [2.75, 3.05) is 0 Å². The minimum atomic E-state index is 0.574. The van der Waals surface area contributed by atoms with Crippen molar-refractivity contribution in [3.8, 4) is 0 Å². The first-order valence-electron chi connectivity index (χ1n) is 5.62. The molecular weight excluding hydrogens is 180 g/mol. The fraction of sp³-hybridized carbons (Fsp3) is 0.200. The molecule has 0 nitrogen and oxygen atoms in total. The molecule has 2 unspecified atom stereocenters. The SMILES string of the molecule is C1=CC2Cc3ccccc3C3C=CC1=C23. The Balaban J connectivity index is 1.99. The van der Waals surface area contributed by atoms with Crippen molar-refractivity contribution in [3.05, 3.63) is 70.8 Å². The highest BCUT2D eigenvalue weighted by atomic mass is 14.4. The fourth-order valence-corrected chi connectivity index (χ4v) is 3.21. The lowest BCUT2D eigenvalue weighted by atomic mass is 9.75. The number of fused-ring (bicyclic) bond motifs is 2. The number of hydrogen-bond donors (Lipinski definition) is 0. The zero-order chi connectivity index (χ0) is 9.83. The molecular formula is C15H12. The van der Waals surface area contributed by atoms with Crippen molar-refractivity contribution >= 4 is 0 Å². The number of rotatable bonds is 0. The summed E-state index contributed by atoms with van der Waals surface area (Å²) in [5.41, 5.74) is 6.18. The first kappa shape index (κ1) is 7.70. The molecule has 15 heavy (non-hydrogen) atoms. The molecule has 2 atom stereocenters. The van der Waals surface area contributed by atoms with Crippen LogP contribution in [0.4, 0.5) is 0 Å². The molecule has 4 rings (SSSR count). The quantitative estimate of drug-likeness (QED) is 0.591. The Kier molecular flexibility index (Phi) is 1.29. The van der Waals surface area contributed by atoms with E-state index < -0.39 is 0 Å². The van der Waals surface area contributed by atoms with Gasteiger partial charge in [0.25, 0.3) is 0 Å². The van der Waals surface area contributed by atoms with Gasteiger partial charge in [-0.25, -0.2) is 0 Å². The highest BCUT2D eigenvalue weighted by molar-refractivity contribution is 5.60. The van der Waals surface area contributed by atoms with Gasteiger partial charge in [-0.15, -0.1) is 0 Å². The smallest absolute Gasteiger partial charge is 0.0249 e. The topological polar surface area (TPSA) is 0 Å². The van der Waals surface area contributed by atoms with Crippen molar-refractivity contribution < 1.29 is 0 Å². The molecule has 0 spiro atoms. The average Bonchev–Trinajstić information content (AvgIpc) is 2.86. The van der Waals surface area contributed by atoms with E-state index in [9.17, 15) is 0 Å². The van der Waals surface area contributed by atoms with Gasteiger partial charge in [0.2, 0.25) is 0 Å². The molecule has 1 aromatic carbocycles. The van der Waals surface area contributed by atoms with Crippen LogP contribution >= 0.6 is 0 Å². The van der Waals surface area contributed by atoms with E-state index >= 15 is 0 Å². The first-order chi connectivity index (χ1) is 7.43. The summed E-state index contributed by atoms with van der Waals surface area (Å²) in [6, 6.07) is 8.89. The van der Waals surface area contributed by atoms with E-state index in [0.29, 0.717) is 11.8 Å². The Morgan fingerprint density at radius 3 is 2.87 bits per heavy atom. The van der Waals surface area contributed by atoms with E-state index in [1.165, 1.54) is 23.1 Å². The molecule has 0 fully saturated rings. The van der Waals surface area contributed by atoms with Crippen LogP contribution in [0.25, 0.3) is 0 Å². The van der Waals surface area contributed by atoms with Crippen LogP contribution in [0.1, 0.15) is 17.0 Å². The van der Waals surface area contributed by atoms with Gasteiger partial charge in [0, 0.05) is 11.8 Å². The van der Waals surface area contributed by atoms with Crippen LogP contribution in [0, 0.1) is 5.92 Å². The molecule has 72 valence electrons. The van der Waals surface area contributed by atoms with Gasteiger partial charge in [-0.1, -0.05) is 48.6 Å². The fourth-order valence-electron chi connectivity index (χ4n) is 3.21. The molecule has 0 N–H and O–H groups in total. The Hall–Kier alpha value is -1.56. The minimum absolute atomic E-state index is 0.574. The zero-order valence-electron chi connectivity index (χ0n) is 8.48. The summed E-state index contributed by atoms with van der Waals surface area (Å²) >= 11 is 0. The maximum Gasteiger partial charge on any atom is 0.0249 e. The summed E-state index contributed by atoms with van der Waals surface area (Å²) in [4.78, 5) is 0. The Labute approximate surface area is 89.6 Å². The summed E-state index contributed by atoms with van der Waals surface area (Å²) in [7, 11) is 0. The molecule has 0 heteroatoms. The molecule has 3 aliphatic rings. The molecule has 0 heterocycles. The third-order valence-corrected chi connectivity index (χ3v) is 3.87. The van der Waals surface area contributed by atoms with Gasteiger partial charge >= 0.3 is 0 Å². The van der Waals surface area contributed by atoms with E-state index in [0.717, 1.165) is 0 Å². The van der Waals surface area contributed by atoms with E-state index in [-0.39, 0.29) is 0 Å². The number of benzene rings is 1. The first-order valence-corrected chi connectivity index (χ1v) is 5.62. The van der Waals surface area contributed by atoms with Crippen molar-refractivity contribution in [2.45, 2.75) is 12.3 Å². The number of allylic oxidation sites excluding steroid dienone is 6.